The summed E-state index contributed by atoms with van der Waals surface area (Å²) in [6.45, 7) is 2.26. The van der Waals surface area contributed by atoms with Crippen molar-refractivity contribution in [1.82, 2.24) is 4.72 Å². The molecule has 0 atom stereocenters. The van der Waals surface area contributed by atoms with Crippen molar-refractivity contribution in [3.8, 4) is 5.75 Å². The van der Waals surface area contributed by atoms with E-state index in [9.17, 15) is 8.42 Å². The summed E-state index contributed by atoms with van der Waals surface area (Å²) in [6, 6.07) is 4.61. The van der Waals surface area contributed by atoms with E-state index in [0.717, 1.165) is 19.3 Å². The smallest absolute Gasteiger partial charge is 0.244 e. The number of methoxy groups -OCH3 is 1. The second kappa shape index (κ2) is 7.47. The summed E-state index contributed by atoms with van der Waals surface area (Å²) >= 11 is 0. The molecule has 0 saturated heterocycles. The van der Waals surface area contributed by atoms with E-state index in [-0.39, 0.29) is 17.3 Å². The molecule has 5 nitrogen and oxygen atoms in total. The van der Waals surface area contributed by atoms with Crippen molar-refractivity contribution in [2.75, 3.05) is 13.7 Å². The average Bonchev–Trinajstić information content (AvgIpc) is 2.43. The summed E-state index contributed by atoms with van der Waals surface area (Å²) in [4.78, 5) is 0.0676. The van der Waals surface area contributed by atoms with Crippen LogP contribution in [0.3, 0.4) is 0 Å². The zero-order valence-corrected chi connectivity index (χ0v) is 12.2. The van der Waals surface area contributed by atoms with Crippen LogP contribution in [0, 0.1) is 0 Å². The van der Waals surface area contributed by atoms with Crippen molar-refractivity contribution in [2.45, 2.75) is 37.7 Å². The fraction of sp³-hybridized carbons (Fsp3) is 0.538. The Morgan fingerprint density at radius 3 is 2.63 bits per heavy atom. The van der Waals surface area contributed by atoms with E-state index < -0.39 is 10.0 Å². The maximum absolute atomic E-state index is 12.2. The van der Waals surface area contributed by atoms with Crippen LogP contribution in [-0.2, 0) is 16.6 Å². The monoisotopic (exact) mass is 287 g/mol. The van der Waals surface area contributed by atoms with E-state index in [2.05, 4.69) is 11.6 Å². The van der Waals surface area contributed by atoms with E-state index in [1.165, 1.54) is 13.2 Å². The molecule has 0 amide bonds. The number of aliphatic hydroxyl groups is 1. The molecule has 0 heterocycles. The van der Waals surface area contributed by atoms with Crippen LogP contribution in [0.15, 0.2) is 23.1 Å². The lowest BCUT2D eigenvalue weighted by molar-refractivity contribution is 0.281. The molecule has 19 heavy (non-hydrogen) atoms. The molecular formula is C13H21NO4S. The summed E-state index contributed by atoms with van der Waals surface area (Å²) in [5.74, 6) is 0.278. The number of rotatable bonds is 8. The van der Waals surface area contributed by atoms with E-state index in [1.54, 1.807) is 12.1 Å². The SMILES string of the molecule is CCCCCNS(=O)(=O)c1cc(CO)ccc1OC. The van der Waals surface area contributed by atoms with Crippen LogP contribution < -0.4 is 9.46 Å². The normalized spacial score (nSPS) is 11.5. The molecule has 0 aliphatic rings. The Balaban J connectivity index is 2.92. The number of unbranched alkanes of at least 4 members (excludes halogenated alkanes) is 2. The summed E-state index contributed by atoms with van der Waals surface area (Å²) < 4.78 is 31.9. The minimum absolute atomic E-state index is 0.0676. The third-order valence-corrected chi connectivity index (χ3v) is 4.25. The zero-order valence-electron chi connectivity index (χ0n) is 11.3. The van der Waals surface area contributed by atoms with Gasteiger partial charge in [0, 0.05) is 6.54 Å². The van der Waals surface area contributed by atoms with Crippen LogP contribution in [0.4, 0.5) is 0 Å². The van der Waals surface area contributed by atoms with Gasteiger partial charge in [0.05, 0.1) is 13.7 Å². The van der Waals surface area contributed by atoms with Crippen LogP contribution in [0.1, 0.15) is 31.7 Å². The van der Waals surface area contributed by atoms with Crippen molar-refractivity contribution in [3.05, 3.63) is 23.8 Å². The first-order valence-corrected chi connectivity index (χ1v) is 7.81. The third kappa shape index (κ3) is 4.49. The van der Waals surface area contributed by atoms with Crippen LogP contribution in [-0.4, -0.2) is 27.2 Å². The van der Waals surface area contributed by atoms with Gasteiger partial charge in [-0.25, -0.2) is 13.1 Å². The highest BCUT2D eigenvalue weighted by Gasteiger charge is 2.19. The molecule has 0 fully saturated rings. The molecule has 1 aromatic rings. The molecule has 2 N–H and O–H groups in total. The molecule has 0 aromatic heterocycles. The zero-order chi connectivity index (χ0) is 14.3. The van der Waals surface area contributed by atoms with Crippen molar-refractivity contribution in [2.24, 2.45) is 0 Å². The molecule has 0 aliphatic heterocycles. The highest BCUT2D eigenvalue weighted by Crippen LogP contribution is 2.24. The quantitative estimate of drug-likeness (QED) is 0.713. The van der Waals surface area contributed by atoms with Gasteiger partial charge in [0.25, 0.3) is 0 Å². The van der Waals surface area contributed by atoms with Gasteiger partial charge in [-0.05, 0) is 24.1 Å². The molecule has 6 heteroatoms. The Hall–Kier alpha value is -1.11. The van der Waals surface area contributed by atoms with E-state index >= 15 is 0 Å². The van der Waals surface area contributed by atoms with E-state index in [0.29, 0.717) is 12.1 Å². The summed E-state index contributed by atoms with van der Waals surface area (Å²) in [7, 11) is -2.18. The lowest BCUT2D eigenvalue weighted by atomic mass is 10.2. The topological polar surface area (TPSA) is 75.6 Å². The van der Waals surface area contributed by atoms with E-state index in [1.807, 2.05) is 0 Å². The van der Waals surface area contributed by atoms with Crippen molar-refractivity contribution in [1.29, 1.82) is 0 Å². The highest BCUT2D eigenvalue weighted by atomic mass is 32.2. The lowest BCUT2D eigenvalue weighted by Crippen LogP contribution is -2.25. The second-order valence-corrected chi connectivity index (χ2v) is 5.98. The van der Waals surface area contributed by atoms with Gasteiger partial charge >= 0.3 is 0 Å². The van der Waals surface area contributed by atoms with Gasteiger partial charge in [-0.3, -0.25) is 0 Å². The van der Waals surface area contributed by atoms with Gasteiger partial charge < -0.3 is 9.84 Å². The van der Waals surface area contributed by atoms with Gasteiger partial charge in [-0.1, -0.05) is 25.8 Å². The fourth-order valence-electron chi connectivity index (χ4n) is 1.69. The van der Waals surface area contributed by atoms with Crippen molar-refractivity contribution < 1.29 is 18.3 Å². The lowest BCUT2D eigenvalue weighted by Gasteiger charge is -2.11. The second-order valence-electron chi connectivity index (χ2n) is 4.25. The minimum atomic E-state index is -3.60. The average molecular weight is 287 g/mol. The van der Waals surface area contributed by atoms with Crippen LogP contribution in [0.5, 0.6) is 5.75 Å². The van der Waals surface area contributed by atoms with Crippen molar-refractivity contribution in [3.63, 3.8) is 0 Å². The van der Waals surface area contributed by atoms with Gasteiger partial charge in [-0.15, -0.1) is 0 Å². The molecule has 1 rings (SSSR count). The Bertz CT molecular complexity index is 499. The molecule has 1 aromatic carbocycles. The Morgan fingerprint density at radius 1 is 1.32 bits per heavy atom. The Morgan fingerprint density at radius 2 is 2.05 bits per heavy atom. The molecule has 108 valence electrons. The maximum Gasteiger partial charge on any atom is 0.244 e. The number of benzene rings is 1. The molecule has 0 spiro atoms. The first kappa shape index (κ1) is 15.9. The largest absolute Gasteiger partial charge is 0.495 e. The number of nitrogens with one attached hydrogen (secondary N) is 1. The Kier molecular flexibility index (Phi) is 6.27. The summed E-state index contributed by atoms with van der Waals surface area (Å²) in [6.07, 6.45) is 2.82. The predicted octanol–water partition coefficient (Wildman–Crippen LogP) is 1.66. The molecule has 0 radical (unpaired) electrons. The van der Waals surface area contributed by atoms with Gasteiger partial charge in [-0.2, -0.15) is 0 Å². The molecular weight excluding hydrogens is 266 g/mol. The van der Waals surface area contributed by atoms with Crippen LogP contribution in [0.25, 0.3) is 0 Å². The first-order valence-electron chi connectivity index (χ1n) is 6.32. The number of hydrogen-bond donors (Lipinski definition) is 2. The maximum atomic E-state index is 12.2. The first-order chi connectivity index (χ1) is 9.05. The van der Waals surface area contributed by atoms with Crippen LogP contribution in [0.2, 0.25) is 0 Å². The van der Waals surface area contributed by atoms with Crippen molar-refractivity contribution >= 4 is 10.0 Å². The number of hydrogen-bond acceptors (Lipinski definition) is 4. The number of aliphatic hydroxyl groups excluding tert-OH is 1. The van der Waals surface area contributed by atoms with Gasteiger partial charge in [0.2, 0.25) is 10.0 Å². The van der Waals surface area contributed by atoms with Crippen LogP contribution >= 0.6 is 0 Å². The van der Waals surface area contributed by atoms with Gasteiger partial charge in [0.15, 0.2) is 0 Å². The fourth-order valence-corrected chi connectivity index (χ4v) is 2.98. The number of ether oxygens (including phenoxy) is 1. The minimum Gasteiger partial charge on any atom is -0.495 e. The van der Waals surface area contributed by atoms with E-state index in [4.69, 9.17) is 9.84 Å². The predicted molar refractivity (Wildman–Crippen MR) is 73.6 cm³/mol. The highest BCUT2D eigenvalue weighted by molar-refractivity contribution is 7.89. The molecule has 0 bridgehead atoms. The van der Waals surface area contributed by atoms with Gasteiger partial charge in [0.1, 0.15) is 10.6 Å². The number of sulfonamides is 1. The summed E-state index contributed by atoms with van der Waals surface area (Å²) in [5, 5.41) is 9.08. The molecule has 0 unspecified atom stereocenters. The standard InChI is InChI=1S/C13H21NO4S/c1-3-4-5-8-14-19(16,17)13-9-11(10-15)6-7-12(13)18-2/h6-7,9,14-15H,3-5,8,10H2,1-2H3. The molecule has 0 aliphatic carbocycles. The summed E-state index contributed by atoms with van der Waals surface area (Å²) in [5.41, 5.74) is 0.537. The third-order valence-electron chi connectivity index (χ3n) is 2.77. The molecule has 0 saturated carbocycles. The Labute approximate surface area is 114 Å².